The van der Waals surface area contributed by atoms with Crippen LogP contribution in [-0.4, -0.2) is 33.3 Å². The Labute approximate surface area is 135 Å². The van der Waals surface area contributed by atoms with Crippen LogP contribution >= 0.6 is 0 Å². The minimum Gasteiger partial charge on any atom is -0.497 e. The summed E-state index contributed by atoms with van der Waals surface area (Å²) in [4.78, 5) is 11.8. The minimum absolute atomic E-state index is 0.230. The van der Waals surface area contributed by atoms with Gasteiger partial charge in [-0.1, -0.05) is 12.1 Å². The Morgan fingerprint density at radius 1 is 1.17 bits per heavy atom. The molecule has 0 radical (unpaired) electrons. The first-order chi connectivity index (χ1) is 11.2. The average molecular weight is 318 g/mol. The number of carbonyl (C=O) groups excluding carboxylic acids is 1. The summed E-state index contributed by atoms with van der Waals surface area (Å²) in [5.41, 5.74) is 1.14. The predicted octanol–water partition coefficient (Wildman–Crippen LogP) is 2.52. The Bertz CT molecular complexity index is 581. The minimum atomic E-state index is -0.294. The zero-order valence-corrected chi connectivity index (χ0v) is 13.4. The van der Waals surface area contributed by atoms with Gasteiger partial charge in [-0.3, -0.25) is 0 Å². The summed E-state index contributed by atoms with van der Waals surface area (Å²) in [5.74, 6) is 1.51. The van der Waals surface area contributed by atoms with Crippen LogP contribution in [0, 0.1) is 0 Å². The van der Waals surface area contributed by atoms with Crippen LogP contribution in [-0.2, 0) is 11.2 Å². The number of ether oxygens (including phenoxy) is 2. The van der Waals surface area contributed by atoms with Gasteiger partial charge in [0, 0.05) is 13.7 Å². The van der Waals surface area contributed by atoms with E-state index in [1.807, 2.05) is 30.3 Å². The van der Waals surface area contributed by atoms with Crippen molar-refractivity contribution < 1.29 is 18.7 Å². The third-order valence-corrected chi connectivity index (χ3v) is 3.45. The Hall–Kier alpha value is -2.47. The molecular weight excluding hydrogens is 296 g/mol. The van der Waals surface area contributed by atoms with Gasteiger partial charge in [0.25, 0.3) is 0 Å². The molecule has 2 amide bonds. The van der Waals surface area contributed by atoms with E-state index in [9.17, 15) is 4.79 Å². The van der Waals surface area contributed by atoms with Crippen LogP contribution < -0.4 is 15.4 Å². The van der Waals surface area contributed by atoms with Gasteiger partial charge in [-0.2, -0.15) is 0 Å². The van der Waals surface area contributed by atoms with Crippen LogP contribution in [0.4, 0.5) is 4.79 Å². The molecule has 0 aliphatic rings. The molecule has 2 N–H and O–H groups in total. The third kappa shape index (κ3) is 5.34. The highest BCUT2D eigenvalue weighted by Gasteiger charge is 2.14. The van der Waals surface area contributed by atoms with Gasteiger partial charge >= 0.3 is 6.03 Å². The number of nitrogens with one attached hydrogen (secondary N) is 2. The SMILES string of the molecule is COc1ccc(CCNC(=O)NCC(OC)c2ccco2)cc1. The number of hydrogen-bond donors (Lipinski definition) is 2. The van der Waals surface area contributed by atoms with E-state index in [4.69, 9.17) is 13.9 Å². The molecule has 6 heteroatoms. The summed E-state index contributed by atoms with van der Waals surface area (Å²) in [6, 6.07) is 11.1. The van der Waals surface area contributed by atoms with Crippen molar-refractivity contribution in [3.05, 3.63) is 54.0 Å². The first kappa shape index (κ1) is 16.9. The van der Waals surface area contributed by atoms with Gasteiger partial charge in [0.15, 0.2) is 0 Å². The van der Waals surface area contributed by atoms with Crippen LogP contribution in [0.25, 0.3) is 0 Å². The van der Waals surface area contributed by atoms with E-state index in [0.29, 0.717) is 18.8 Å². The molecule has 6 nitrogen and oxygen atoms in total. The van der Waals surface area contributed by atoms with E-state index in [2.05, 4.69) is 10.6 Å². The van der Waals surface area contributed by atoms with Crippen LogP contribution in [0.1, 0.15) is 17.4 Å². The third-order valence-electron chi connectivity index (χ3n) is 3.45. The lowest BCUT2D eigenvalue weighted by Crippen LogP contribution is -2.38. The smallest absolute Gasteiger partial charge is 0.314 e. The Morgan fingerprint density at radius 2 is 1.96 bits per heavy atom. The normalized spacial score (nSPS) is 11.7. The Morgan fingerprint density at radius 3 is 2.57 bits per heavy atom. The van der Waals surface area contributed by atoms with Gasteiger partial charge in [0.05, 0.1) is 19.9 Å². The van der Waals surface area contributed by atoms with Crippen LogP contribution in [0.5, 0.6) is 5.75 Å². The summed E-state index contributed by atoms with van der Waals surface area (Å²) >= 11 is 0. The molecule has 0 aliphatic carbocycles. The van der Waals surface area contributed by atoms with Crippen molar-refractivity contribution in [2.45, 2.75) is 12.5 Å². The molecule has 0 fully saturated rings. The molecule has 2 aromatic rings. The van der Waals surface area contributed by atoms with Crippen molar-refractivity contribution in [1.29, 1.82) is 0 Å². The molecule has 124 valence electrons. The molecule has 0 aliphatic heterocycles. The van der Waals surface area contributed by atoms with Crippen molar-refractivity contribution in [2.24, 2.45) is 0 Å². The number of amides is 2. The highest BCUT2D eigenvalue weighted by atomic mass is 16.5. The highest BCUT2D eigenvalue weighted by Crippen LogP contribution is 2.15. The van der Waals surface area contributed by atoms with Crippen molar-refractivity contribution >= 4 is 6.03 Å². The predicted molar refractivity (Wildman–Crippen MR) is 86.6 cm³/mol. The van der Waals surface area contributed by atoms with Crippen LogP contribution in [0.2, 0.25) is 0 Å². The zero-order valence-electron chi connectivity index (χ0n) is 13.4. The molecule has 0 saturated heterocycles. The Kier molecular flexibility index (Phi) is 6.50. The molecule has 23 heavy (non-hydrogen) atoms. The van der Waals surface area contributed by atoms with Crippen molar-refractivity contribution in [1.82, 2.24) is 10.6 Å². The molecule has 1 unspecified atom stereocenters. The van der Waals surface area contributed by atoms with Gasteiger partial charge in [-0.25, -0.2) is 4.79 Å². The van der Waals surface area contributed by atoms with E-state index in [1.54, 1.807) is 26.5 Å². The second-order valence-electron chi connectivity index (χ2n) is 4.97. The first-order valence-electron chi connectivity index (χ1n) is 7.43. The quantitative estimate of drug-likeness (QED) is 0.784. The lowest BCUT2D eigenvalue weighted by atomic mass is 10.1. The second kappa shape index (κ2) is 8.85. The summed E-state index contributed by atoms with van der Waals surface area (Å²) in [7, 11) is 3.22. The van der Waals surface area contributed by atoms with Gasteiger partial charge < -0.3 is 24.5 Å². The highest BCUT2D eigenvalue weighted by molar-refractivity contribution is 5.73. The molecule has 0 spiro atoms. The number of benzene rings is 1. The summed E-state index contributed by atoms with van der Waals surface area (Å²) < 4.78 is 15.7. The number of carbonyl (C=O) groups is 1. The maximum atomic E-state index is 11.8. The van der Waals surface area contributed by atoms with Gasteiger partial charge in [-0.15, -0.1) is 0 Å². The van der Waals surface area contributed by atoms with E-state index < -0.39 is 0 Å². The summed E-state index contributed by atoms with van der Waals surface area (Å²) in [6.45, 7) is 0.898. The van der Waals surface area contributed by atoms with Gasteiger partial charge in [-0.05, 0) is 36.2 Å². The second-order valence-corrected chi connectivity index (χ2v) is 4.97. The van der Waals surface area contributed by atoms with Crippen molar-refractivity contribution in [2.75, 3.05) is 27.3 Å². The topological polar surface area (TPSA) is 72.7 Å². The summed E-state index contributed by atoms with van der Waals surface area (Å²) in [6.07, 6.45) is 2.04. The summed E-state index contributed by atoms with van der Waals surface area (Å²) in [5, 5.41) is 5.59. The number of hydrogen-bond acceptors (Lipinski definition) is 4. The molecule has 0 bridgehead atoms. The van der Waals surface area contributed by atoms with Crippen molar-refractivity contribution in [3.8, 4) is 5.75 Å². The maximum absolute atomic E-state index is 11.8. The van der Waals surface area contributed by atoms with Crippen molar-refractivity contribution in [3.63, 3.8) is 0 Å². The monoisotopic (exact) mass is 318 g/mol. The lowest BCUT2D eigenvalue weighted by molar-refractivity contribution is 0.0850. The number of furan rings is 1. The molecular formula is C17H22N2O4. The first-order valence-corrected chi connectivity index (χ1v) is 7.43. The number of methoxy groups -OCH3 is 2. The van der Waals surface area contributed by atoms with E-state index >= 15 is 0 Å². The fraction of sp³-hybridized carbons (Fsp3) is 0.353. The lowest BCUT2D eigenvalue weighted by Gasteiger charge is -2.14. The molecule has 1 heterocycles. The molecule has 1 atom stereocenters. The van der Waals surface area contributed by atoms with Crippen LogP contribution in [0.15, 0.2) is 47.1 Å². The van der Waals surface area contributed by atoms with Gasteiger partial charge in [0.1, 0.15) is 17.6 Å². The number of urea groups is 1. The Balaban J connectivity index is 1.68. The van der Waals surface area contributed by atoms with Crippen LogP contribution in [0.3, 0.4) is 0 Å². The van der Waals surface area contributed by atoms with E-state index in [0.717, 1.165) is 17.7 Å². The maximum Gasteiger partial charge on any atom is 0.314 e. The standard InChI is InChI=1S/C17H22N2O4/c1-21-14-7-5-13(6-8-14)9-10-18-17(20)19-12-16(22-2)15-4-3-11-23-15/h3-8,11,16H,9-10,12H2,1-2H3,(H2,18,19,20). The molecule has 1 aromatic heterocycles. The van der Waals surface area contributed by atoms with E-state index in [-0.39, 0.29) is 12.1 Å². The number of rotatable bonds is 8. The molecule has 1 aromatic carbocycles. The fourth-order valence-electron chi connectivity index (χ4n) is 2.14. The zero-order chi connectivity index (χ0) is 16.5. The average Bonchev–Trinajstić information content (AvgIpc) is 3.10. The van der Waals surface area contributed by atoms with Gasteiger partial charge in [0.2, 0.25) is 0 Å². The largest absolute Gasteiger partial charge is 0.497 e. The van der Waals surface area contributed by atoms with E-state index in [1.165, 1.54) is 0 Å². The fourth-order valence-corrected chi connectivity index (χ4v) is 2.14. The molecule has 0 saturated carbocycles. The molecule has 2 rings (SSSR count).